The maximum atomic E-state index is 11.0. The molecule has 2 heterocycles. The molecule has 1 unspecified atom stereocenters. The summed E-state index contributed by atoms with van der Waals surface area (Å²) in [6.07, 6.45) is 2.00. The Morgan fingerprint density at radius 3 is 2.83 bits per heavy atom. The molecule has 2 aromatic rings. The number of aryl methyl sites for hydroxylation is 1. The molecular formula is C12H12ClN3OS. The summed E-state index contributed by atoms with van der Waals surface area (Å²) in [7, 11) is 0. The Labute approximate surface area is 114 Å². The van der Waals surface area contributed by atoms with Gasteiger partial charge >= 0.3 is 0 Å². The fourth-order valence-corrected chi connectivity index (χ4v) is 2.61. The van der Waals surface area contributed by atoms with Crippen molar-refractivity contribution >= 4 is 35.0 Å². The van der Waals surface area contributed by atoms with Crippen LogP contribution < -0.4 is 5.32 Å². The van der Waals surface area contributed by atoms with Gasteiger partial charge in [0.15, 0.2) is 6.29 Å². The van der Waals surface area contributed by atoms with Crippen molar-refractivity contribution in [2.75, 3.05) is 5.32 Å². The molecular weight excluding hydrogens is 270 g/mol. The van der Waals surface area contributed by atoms with E-state index >= 15 is 0 Å². The number of thiophene rings is 1. The summed E-state index contributed by atoms with van der Waals surface area (Å²) in [5, 5.41) is 3.34. The quantitative estimate of drug-likeness (QED) is 0.688. The van der Waals surface area contributed by atoms with Crippen LogP contribution in [0.2, 0.25) is 5.15 Å². The summed E-state index contributed by atoms with van der Waals surface area (Å²) in [5.41, 5.74) is 0.291. The van der Waals surface area contributed by atoms with Crippen LogP contribution in [0.3, 0.4) is 0 Å². The Balaban J connectivity index is 2.24. The summed E-state index contributed by atoms with van der Waals surface area (Å²) < 4.78 is 0. The summed E-state index contributed by atoms with van der Waals surface area (Å²) in [4.78, 5) is 21.2. The van der Waals surface area contributed by atoms with Crippen LogP contribution in [-0.4, -0.2) is 16.3 Å². The van der Waals surface area contributed by atoms with Crippen molar-refractivity contribution in [1.29, 1.82) is 0 Å². The van der Waals surface area contributed by atoms with Crippen LogP contribution in [0.4, 0.5) is 5.82 Å². The van der Waals surface area contributed by atoms with Crippen LogP contribution in [-0.2, 0) is 0 Å². The molecule has 0 aliphatic heterocycles. The first kappa shape index (κ1) is 13.0. The van der Waals surface area contributed by atoms with E-state index in [0.717, 1.165) is 0 Å². The fraction of sp³-hybridized carbons (Fsp3) is 0.250. The Hall–Kier alpha value is -1.46. The molecule has 1 N–H and O–H groups in total. The van der Waals surface area contributed by atoms with E-state index in [-0.39, 0.29) is 11.2 Å². The highest BCUT2D eigenvalue weighted by molar-refractivity contribution is 7.12. The first-order valence-corrected chi connectivity index (χ1v) is 6.60. The van der Waals surface area contributed by atoms with Crippen molar-refractivity contribution in [2.24, 2.45) is 0 Å². The minimum atomic E-state index is 0.0633. The smallest absolute Gasteiger partial charge is 0.156 e. The topological polar surface area (TPSA) is 54.9 Å². The largest absolute Gasteiger partial charge is 0.362 e. The predicted octanol–water partition coefficient (Wildman–Crippen LogP) is 3.49. The Morgan fingerprint density at radius 2 is 2.22 bits per heavy atom. The molecule has 2 rings (SSSR count). The molecule has 0 spiro atoms. The molecule has 0 amide bonds. The number of carbonyl (C=O) groups excluding carboxylic acids is 1. The van der Waals surface area contributed by atoms with Crippen molar-refractivity contribution in [3.63, 3.8) is 0 Å². The highest BCUT2D eigenvalue weighted by Gasteiger charge is 2.13. The van der Waals surface area contributed by atoms with E-state index in [4.69, 9.17) is 11.6 Å². The minimum absolute atomic E-state index is 0.0633. The van der Waals surface area contributed by atoms with Gasteiger partial charge in [0.1, 0.15) is 17.3 Å². The van der Waals surface area contributed by atoms with E-state index in [1.807, 2.05) is 6.92 Å². The number of aldehydes is 1. The average Bonchev–Trinajstić information content (AvgIpc) is 2.76. The third-order valence-electron chi connectivity index (χ3n) is 2.49. The maximum absolute atomic E-state index is 11.0. The third-order valence-corrected chi connectivity index (χ3v) is 3.98. The lowest BCUT2D eigenvalue weighted by Gasteiger charge is -2.14. The molecule has 0 aromatic carbocycles. The molecule has 6 heteroatoms. The van der Waals surface area contributed by atoms with E-state index in [2.05, 4.69) is 34.3 Å². The van der Waals surface area contributed by atoms with Crippen LogP contribution in [0.5, 0.6) is 0 Å². The molecule has 0 radical (unpaired) electrons. The van der Waals surface area contributed by atoms with Crippen molar-refractivity contribution in [2.45, 2.75) is 19.9 Å². The van der Waals surface area contributed by atoms with Gasteiger partial charge in [0, 0.05) is 9.75 Å². The summed E-state index contributed by atoms with van der Waals surface area (Å²) in [6.45, 7) is 4.06. The van der Waals surface area contributed by atoms with E-state index in [9.17, 15) is 4.79 Å². The first-order chi connectivity index (χ1) is 8.61. The number of halogens is 1. The third kappa shape index (κ3) is 2.68. The van der Waals surface area contributed by atoms with Gasteiger partial charge in [-0.3, -0.25) is 4.79 Å². The van der Waals surface area contributed by atoms with Gasteiger partial charge in [-0.05, 0) is 26.0 Å². The van der Waals surface area contributed by atoms with Crippen molar-refractivity contribution in [1.82, 2.24) is 9.97 Å². The molecule has 1 atom stereocenters. The average molecular weight is 282 g/mol. The lowest BCUT2D eigenvalue weighted by molar-refractivity contribution is 0.112. The summed E-state index contributed by atoms with van der Waals surface area (Å²) in [5.74, 6) is 0.462. The molecule has 94 valence electrons. The highest BCUT2D eigenvalue weighted by Crippen LogP contribution is 2.27. The molecule has 0 saturated carbocycles. The molecule has 0 fully saturated rings. The first-order valence-electron chi connectivity index (χ1n) is 5.40. The van der Waals surface area contributed by atoms with Crippen molar-refractivity contribution in [3.8, 4) is 0 Å². The minimum Gasteiger partial charge on any atom is -0.362 e. The van der Waals surface area contributed by atoms with Gasteiger partial charge in [-0.2, -0.15) is 0 Å². The van der Waals surface area contributed by atoms with Gasteiger partial charge in [-0.15, -0.1) is 11.3 Å². The highest BCUT2D eigenvalue weighted by atomic mass is 35.5. The molecule has 2 aromatic heterocycles. The zero-order valence-corrected chi connectivity index (χ0v) is 11.5. The molecule has 4 nitrogen and oxygen atoms in total. The molecule has 0 bridgehead atoms. The standard InChI is InChI=1S/C12H12ClN3OS/c1-7-3-4-10(18-7)8(2)16-12-9(5-17)11(13)14-6-15-12/h3-6,8H,1-2H3,(H,14,15,16). The number of aromatic nitrogens is 2. The second kappa shape index (κ2) is 5.46. The predicted molar refractivity (Wildman–Crippen MR) is 73.5 cm³/mol. The fourth-order valence-electron chi connectivity index (χ4n) is 1.56. The van der Waals surface area contributed by atoms with E-state index in [0.29, 0.717) is 17.7 Å². The summed E-state index contributed by atoms with van der Waals surface area (Å²) >= 11 is 7.55. The second-order valence-electron chi connectivity index (χ2n) is 3.86. The van der Waals surface area contributed by atoms with E-state index < -0.39 is 0 Å². The summed E-state index contributed by atoms with van der Waals surface area (Å²) in [6, 6.07) is 4.18. The van der Waals surface area contributed by atoms with Crippen LogP contribution in [0.15, 0.2) is 18.5 Å². The lowest BCUT2D eigenvalue weighted by Crippen LogP contribution is -2.09. The van der Waals surface area contributed by atoms with Crippen molar-refractivity contribution < 1.29 is 4.79 Å². The maximum Gasteiger partial charge on any atom is 0.156 e. The zero-order valence-electron chi connectivity index (χ0n) is 9.98. The zero-order chi connectivity index (χ0) is 13.1. The Kier molecular flexibility index (Phi) is 3.93. The van der Waals surface area contributed by atoms with Gasteiger partial charge in [0.05, 0.1) is 11.6 Å². The number of rotatable bonds is 4. The van der Waals surface area contributed by atoms with Gasteiger partial charge in [-0.1, -0.05) is 11.6 Å². The van der Waals surface area contributed by atoms with Gasteiger partial charge in [0.2, 0.25) is 0 Å². The number of anilines is 1. The second-order valence-corrected chi connectivity index (χ2v) is 5.54. The Bertz CT molecular complexity index is 570. The number of hydrogen-bond acceptors (Lipinski definition) is 5. The molecule has 0 saturated heterocycles. The number of nitrogens with one attached hydrogen (secondary N) is 1. The van der Waals surface area contributed by atoms with Crippen LogP contribution in [0, 0.1) is 6.92 Å². The SMILES string of the molecule is Cc1ccc(C(C)Nc2ncnc(Cl)c2C=O)s1. The van der Waals surface area contributed by atoms with Gasteiger partial charge in [-0.25, -0.2) is 9.97 Å². The molecule has 0 aliphatic rings. The van der Waals surface area contributed by atoms with Gasteiger partial charge < -0.3 is 5.32 Å². The molecule has 0 aliphatic carbocycles. The molecule has 18 heavy (non-hydrogen) atoms. The number of hydrogen-bond donors (Lipinski definition) is 1. The normalized spacial score (nSPS) is 12.2. The van der Waals surface area contributed by atoms with Crippen LogP contribution >= 0.6 is 22.9 Å². The van der Waals surface area contributed by atoms with Crippen LogP contribution in [0.25, 0.3) is 0 Å². The van der Waals surface area contributed by atoms with Gasteiger partial charge in [0.25, 0.3) is 0 Å². The van der Waals surface area contributed by atoms with E-state index in [1.165, 1.54) is 16.1 Å². The Morgan fingerprint density at radius 1 is 1.44 bits per heavy atom. The van der Waals surface area contributed by atoms with Crippen LogP contribution in [0.1, 0.15) is 33.1 Å². The monoisotopic (exact) mass is 281 g/mol. The number of nitrogens with zero attached hydrogens (tertiary/aromatic N) is 2. The lowest BCUT2D eigenvalue weighted by atomic mass is 10.2. The van der Waals surface area contributed by atoms with Crippen molar-refractivity contribution in [3.05, 3.63) is 38.9 Å². The van der Waals surface area contributed by atoms with E-state index in [1.54, 1.807) is 11.3 Å². The number of carbonyl (C=O) groups is 1.